The number of hydrogen-bond acceptors (Lipinski definition) is 4. The van der Waals surface area contributed by atoms with E-state index in [0.29, 0.717) is 11.8 Å². The maximum absolute atomic E-state index is 11.5. The minimum Gasteiger partial charge on any atom is -0.303 e. The Morgan fingerprint density at radius 1 is 1.40 bits per heavy atom. The summed E-state index contributed by atoms with van der Waals surface area (Å²) in [7, 11) is 0. The molecule has 1 aromatic rings. The zero-order valence-corrected chi connectivity index (χ0v) is 8.04. The van der Waals surface area contributed by atoms with Crippen LogP contribution in [0.1, 0.15) is 17.3 Å². The summed E-state index contributed by atoms with van der Waals surface area (Å²) in [5.41, 5.74) is 0.227. The molecule has 0 bridgehead atoms. The lowest BCUT2D eigenvalue weighted by Gasteiger charge is -2.01. The minimum absolute atomic E-state index is 0.0784. The molecule has 0 aliphatic carbocycles. The summed E-state index contributed by atoms with van der Waals surface area (Å²) in [6.45, 7) is 1.48. The molecule has 1 aromatic carbocycles. The minimum atomic E-state index is -0.716. The number of ketones is 1. The highest BCUT2D eigenvalue weighted by Gasteiger charge is 2.15. The molecule has 5 nitrogen and oxygen atoms in total. The molecule has 0 spiro atoms. The van der Waals surface area contributed by atoms with Crippen LogP contribution in [0.3, 0.4) is 0 Å². The van der Waals surface area contributed by atoms with Crippen molar-refractivity contribution in [2.75, 3.05) is 0 Å². The third kappa shape index (κ3) is 2.46. The number of Topliss-reactive ketones (excluding diaryl/α,β-unsaturated/α-hetero) is 1. The Labute approximate surface area is 85.9 Å². The van der Waals surface area contributed by atoms with Gasteiger partial charge in [0.25, 0.3) is 5.69 Å². The monoisotopic (exact) mass is 207 g/mol. The van der Waals surface area contributed by atoms with E-state index in [2.05, 4.69) is 0 Å². The van der Waals surface area contributed by atoms with Crippen molar-refractivity contribution in [3.8, 4) is 0 Å². The zero-order chi connectivity index (χ0) is 11.4. The maximum atomic E-state index is 11.5. The second-order valence-electron chi connectivity index (χ2n) is 3.09. The van der Waals surface area contributed by atoms with Crippen molar-refractivity contribution in [2.45, 2.75) is 6.92 Å². The quantitative estimate of drug-likeness (QED) is 0.247. The van der Waals surface area contributed by atoms with Crippen LogP contribution in [0, 0.1) is 16.0 Å². The number of nitrogens with zero attached hydrogens (tertiary/aromatic N) is 1. The van der Waals surface area contributed by atoms with Gasteiger partial charge in [0.1, 0.15) is 6.29 Å². The molecule has 1 rings (SSSR count). The Morgan fingerprint density at radius 3 is 2.33 bits per heavy atom. The van der Waals surface area contributed by atoms with E-state index in [0.717, 1.165) is 0 Å². The number of hydrogen-bond donors (Lipinski definition) is 0. The third-order valence-corrected chi connectivity index (χ3v) is 1.98. The third-order valence-electron chi connectivity index (χ3n) is 1.98. The smallest absolute Gasteiger partial charge is 0.269 e. The predicted molar refractivity (Wildman–Crippen MR) is 52.7 cm³/mol. The van der Waals surface area contributed by atoms with Gasteiger partial charge in [0, 0.05) is 17.7 Å². The molecule has 0 heterocycles. The van der Waals surface area contributed by atoms with E-state index >= 15 is 0 Å². The van der Waals surface area contributed by atoms with Gasteiger partial charge in [-0.15, -0.1) is 0 Å². The highest BCUT2D eigenvalue weighted by atomic mass is 16.6. The largest absolute Gasteiger partial charge is 0.303 e. The van der Waals surface area contributed by atoms with Crippen molar-refractivity contribution in [3.05, 3.63) is 39.9 Å². The summed E-state index contributed by atoms with van der Waals surface area (Å²) in [5, 5.41) is 10.3. The first-order valence-electron chi connectivity index (χ1n) is 4.30. The van der Waals surface area contributed by atoms with Gasteiger partial charge in [-0.05, 0) is 19.1 Å². The number of benzene rings is 1. The van der Waals surface area contributed by atoms with E-state index in [1.807, 2.05) is 0 Å². The number of aldehydes is 1. The molecule has 0 saturated heterocycles. The van der Waals surface area contributed by atoms with Crippen molar-refractivity contribution in [3.63, 3.8) is 0 Å². The van der Waals surface area contributed by atoms with Crippen molar-refractivity contribution in [1.29, 1.82) is 0 Å². The van der Waals surface area contributed by atoms with Gasteiger partial charge in [0.05, 0.1) is 10.8 Å². The summed E-state index contributed by atoms with van der Waals surface area (Å²) in [6, 6.07) is 5.18. The summed E-state index contributed by atoms with van der Waals surface area (Å²) in [5.74, 6) is -1.05. The van der Waals surface area contributed by atoms with E-state index in [9.17, 15) is 19.7 Å². The average Bonchev–Trinajstić information content (AvgIpc) is 2.27. The molecule has 0 amide bonds. The van der Waals surface area contributed by atoms with Crippen molar-refractivity contribution >= 4 is 17.8 Å². The van der Waals surface area contributed by atoms with Gasteiger partial charge in [-0.1, -0.05) is 0 Å². The molecule has 78 valence electrons. The fourth-order valence-corrected chi connectivity index (χ4v) is 1.07. The zero-order valence-electron chi connectivity index (χ0n) is 8.04. The summed E-state index contributed by atoms with van der Waals surface area (Å²) in [6.07, 6.45) is 0.545. The van der Waals surface area contributed by atoms with Gasteiger partial charge in [-0.2, -0.15) is 0 Å². The number of carbonyl (C=O) groups is 2. The van der Waals surface area contributed by atoms with Crippen molar-refractivity contribution < 1.29 is 14.5 Å². The molecule has 0 aliphatic rings. The van der Waals surface area contributed by atoms with Gasteiger partial charge in [0.2, 0.25) is 0 Å². The molecular formula is C10H9NO4. The van der Waals surface area contributed by atoms with Gasteiger partial charge < -0.3 is 4.79 Å². The molecule has 0 aliphatic heterocycles. The van der Waals surface area contributed by atoms with Gasteiger partial charge in [-0.25, -0.2) is 0 Å². The van der Waals surface area contributed by atoms with Crippen LogP contribution in [0.5, 0.6) is 0 Å². The number of nitro benzene ring substituents is 1. The number of rotatable bonds is 4. The average molecular weight is 207 g/mol. The normalized spacial score (nSPS) is 11.8. The van der Waals surface area contributed by atoms with Crippen LogP contribution < -0.4 is 0 Å². The fraction of sp³-hybridized carbons (Fsp3) is 0.200. The Kier molecular flexibility index (Phi) is 3.28. The van der Waals surface area contributed by atoms with Crippen LogP contribution >= 0.6 is 0 Å². The molecule has 15 heavy (non-hydrogen) atoms. The van der Waals surface area contributed by atoms with Crippen LogP contribution in [0.4, 0.5) is 5.69 Å². The number of nitro groups is 1. The van der Waals surface area contributed by atoms with E-state index < -0.39 is 10.8 Å². The topological polar surface area (TPSA) is 77.3 Å². The lowest BCUT2D eigenvalue weighted by molar-refractivity contribution is -0.384. The van der Waals surface area contributed by atoms with Crippen molar-refractivity contribution in [2.24, 2.45) is 5.92 Å². The van der Waals surface area contributed by atoms with E-state index in [1.165, 1.54) is 31.2 Å². The van der Waals surface area contributed by atoms with E-state index in [4.69, 9.17) is 0 Å². The first kappa shape index (κ1) is 11.0. The summed E-state index contributed by atoms with van der Waals surface area (Å²) in [4.78, 5) is 31.6. The molecule has 1 atom stereocenters. The second kappa shape index (κ2) is 4.45. The van der Waals surface area contributed by atoms with Crippen LogP contribution in [-0.4, -0.2) is 17.0 Å². The highest BCUT2D eigenvalue weighted by Crippen LogP contribution is 2.14. The first-order chi connectivity index (χ1) is 7.06. The Balaban J connectivity index is 2.94. The van der Waals surface area contributed by atoms with Crippen LogP contribution in [0.25, 0.3) is 0 Å². The molecule has 0 N–H and O–H groups in total. The summed E-state index contributed by atoms with van der Waals surface area (Å²) >= 11 is 0. The molecule has 0 saturated carbocycles. The molecule has 1 unspecified atom stereocenters. The van der Waals surface area contributed by atoms with E-state index in [1.54, 1.807) is 0 Å². The summed E-state index contributed by atoms with van der Waals surface area (Å²) < 4.78 is 0. The molecule has 0 fully saturated rings. The van der Waals surface area contributed by atoms with Gasteiger partial charge in [0.15, 0.2) is 5.78 Å². The fourth-order valence-electron chi connectivity index (χ4n) is 1.07. The van der Waals surface area contributed by atoms with Crippen LogP contribution in [0.15, 0.2) is 24.3 Å². The maximum Gasteiger partial charge on any atom is 0.269 e. The Morgan fingerprint density at radius 2 is 1.93 bits per heavy atom. The second-order valence-corrected chi connectivity index (χ2v) is 3.09. The molecule has 0 aromatic heterocycles. The van der Waals surface area contributed by atoms with Gasteiger partial charge in [-0.3, -0.25) is 14.9 Å². The van der Waals surface area contributed by atoms with Gasteiger partial charge >= 0.3 is 0 Å². The predicted octanol–water partition coefficient (Wildman–Crippen LogP) is 1.61. The molecule has 0 radical (unpaired) electrons. The van der Waals surface area contributed by atoms with Crippen LogP contribution in [0.2, 0.25) is 0 Å². The standard InChI is InChI=1S/C10H9NO4/c1-7(6-12)10(13)8-2-4-9(5-3-8)11(14)15/h2-7H,1H3. The van der Waals surface area contributed by atoms with Crippen molar-refractivity contribution in [1.82, 2.24) is 0 Å². The lowest BCUT2D eigenvalue weighted by Crippen LogP contribution is -2.12. The first-order valence-corrected chi connectivity index (χ1v) is 4.30. The Hall–Kier alpha value is -2.04. The number of non-ortho nitro benzene ring substituents is 1. The lowest BCUT2D eigenvalue weighted by atomic mass is 10.0. The van der Waals surface area contributed by atoms with Crippen LogP contribution in [-0.2, 0) is 4.79 Å². The highest BCUT2D eigenvalue weighted by molar-refractivity contribution is 6.04. The molecule has 5 heteroatoms. The SMILES string of the molecule is CC(C=O)C(=O)c1ccc([N+](=O)[O-])cc1. The molecular weight excluding hydrogens is 198 g/mol. The number of carbonyl (C=O) groups excluding carboxylic acids is 2. The van der Waals surface area contributed by atoms with E-state index in [-0.39, 0.29) is 11.5 Å². The Bertz CT molecular complexity index is 396.